The largest absolute Gasteiger partial charge is 0.378 e. The zero-order valence-electron chi connectivity index (χ0n) is 9.54. The molecule has 14 heavy (non-hydrogen) atoms. The molecule has 0 spiro atoms. The lowest BCUT2D eigenvalue weighted by Crippen LogP contribution is -2.10. The Kier molecular flexibility index (Phi) is 3.53. The van der Waals surface area contributed by atoms with Crippen LogP contribution in [0.1, 0.15) is 30.9 Å². The fourth-order valence-corrected chi connectivity index (χ4v) is 1.41. The molecule has 1 aromatic carbocycles. The molecule has 0 saturated carbocycles. The Morgan fingerprint density at radius 2 is 1.86 bits per heavy atom. The van der Waals surface area contributed by atoms with E-state index in [1.807, 2.05) is 0 Å². The normalized spacial score (nSPS) is 10.7. The van der Waals surface area contributed by atoms with Gasteiger partial charge >= 0.3 is 0 Å². The van der Waals surface area contributed by atoms with E-state index in [-0.39, 0.29) is 0 Å². The molecule has 1 rings (SSSR count). The Morgan fingerprint density at radius 3 is 2.29 bits per heavy atom. The first-order valence-electron chi connectivity index (χ1n) is 5.06. The van der Waals surface area contributed by atoms with Gasteiger partial charge in [0.05, 0.1) is 0 Å². The number of anilines is 1. The van der Waals surface area contributed by atoms with Crippen LogP contribution in [0.4, 0.5) is 5.69 Å². The summed E-state index contributed by atoms with van der Waals surface area (Å²) in [5, 5.41) is 0. The third-order valence-corrected chi connectivity index (χ3v) is 2.42. The number of hydrogen-bond donors (Lipinski definition) is 1. The molecule has 2 heteroatoms. The summed E-state index contributed by atoms with van der Waals surface area (Å²) < 4.78 is 0. The molecule has 0 aromatic heterocycles. The molecular weight excluding hydrogens is 172 g/mol. The molecule has 0 atom stereocenters. The van der Waals surface area contributed by atoms with Gasteiger partial charge in [0.25, 0.3) is 0 Å². The van der Waals surface area contributed by atoms with Crippen LogP contribution in [0.5, 0.6) is 0 Å². The topological polar surface area (TPSA) is 29.3 Å². The molecule has 0 aliphatic heterocycles. The molecule has 1 aromatic rings. The van der Waals surface area contributed by atoms with Crippen LogP contribution in [-0.2, 0) is 6.54 Å². The summed E-state index contributed by atoms with van der Waals surface area (Å²) in [5.41, 5.74) is 9.47. The van der Waals surface area contributed by atoms with Gasteiger partial charge in [-0.25, -0.2) is 0 Å². The minimum Gasteiger partial charge on any atom is -0.378 e. The number of rotatable bonds is 3. The summed E-state index contributed by atoms with van der Waals surface area (Å²) in [6.45, 7) is 5.02. The van der Waals surface area contributed by atoms with E-state index in [0.717, 1.165) is 0 Å². The fraction of sp³-hybridized carbons (Fsp3) is 0.500. The summed E-state index contributed by atoms with van der Waals surface area (Å²) in [6, 6.07) is 6.56. The van der Waals surface area contributed by atoms with Gasteiger partial charge in [0.2, 0.25) is 0 Å². The van der Waals surface area contributed by atoms with Crippen molar-refractivity contribution in [1.29, 1.82) is 0 Å². The standard InChI is InChI=1S/C12H20N2/c1-9(2)11-5-10(8-13)6-12(7-11)14(3)4/h5-7,9H,8,13H2,1-4H3. The lowest BCUT2D eigenvalue weighted by molar-refractivity contribution is 0.859. The molecule has 0 heterocycles. The van der Waals surface area contributed by atoms with E-state index >= 15 is 0 Å². The van der Waals surface area contributed by atoms with Crippen molar-refractivity contribution in [3.05, 3.63) is 29.3 Å². The van der Waals surface area contributed by atoms with E-state index < -0.39 is 0 Å². The van der Waals surface area contributed by atoms with Gasteiger partial charge in [-0.2, -0.15) is 0 Å². The lowest BCUT2D eigenvalue weighted by atomic mass is 9.99. The van der Waals surface area contributed by atoms with Gasteiger partial charge in [-0.1, -0.05) is 19.9 Å². The third kappa shape index (κ3) is 2.48. The molecule has 2 nitrogen and oxygen atoms in total. The Balaban J connectivity index is 3.13. The second-order valence-electron chi connectivity index (χ2n) is 4.19. The van der Waals surface area contributed by atoms with Crippen molar-refractivity contribution in [2.45, 2.75) is 26.3 Å². The molecule has 0 fully saturated rings. The highest BCUT2D eigenvalue weighted by atomic mass is 15.1. The molecule has 0 bridgehead atoms. The van der Waals surface area contributed by atoms with Crippen molar-refractivity contribution in [2.75, 3.05) is 19.0 Å². The van der Waals surface area contributed by atoms with Crippen molar-refractivity contribution in [1.82, 2.24) is 0 Å². The number of hydrogen-bond acceptors (Lipinski definition) is 2. The first kappa shape index (κ1) is 11.1. The summed E-state index contributed by atoms with van der Waals surface area (Å²) in [7, 11) is 4.11. The minimum atomic E-state index is 0.556. The second kappa shape index (κ2) is 4.47. The van der Waals surface area contributed by atoms with Crippen molar-refractivity contribution in [2.24, 2.45) is 5.73 Å². The van der Waals surface area contributed by atoms with Crippen molar-refractivity contribution >= 4 is 5.69 Å². The van der Waals surface area contributed by atoms with Crippen LogP contribution in [0.15, 0.2) is 18.2 Å². The van der Waals surface area contributed by atoms with Crippen LogP contribution >= 0.6 is 0 Å². The van der Waals surface area contributed by atoms with E-state index in [1.54, 1.807) is 0 Å². The zero-order valence-corrected chi connectivity index (χ0v) is 9.54. The van der Waals surface area contributed by atoms with Crippen LogP contribution < -0.4 is 10.6 Å². The summed E-state index contributed by atoms with van der Waals surface area (Å²) in [5.74, 6) is 0.556. The predicted molar refractivity (Wildman–Crippen MR) is 62.7 cm³/mol. The number of nitrogens with zero attached hydrogens (tertiary/aromatic N) is 1. The van der Waals surface area contributed by atoms with Crippen LogP contribution in [0.25, 0.3) is 0 Å². The molecular formula is C12H20N2. The maximum absolute atomic E-state index is 5.67. The van der Waals surface area contributed by atoms with Gasteiger partial charge in [-0.3, -0.25) is 0 Å². The van der Waals surface area contributed by atoms with E-state index in [9.17, 15) is 0 Å². The van der Waals surface area contributed by atoms with Crippen molar-refractivity contribution in [3.63, 3.8) is 0 Å². The van der Waals surface area contributed by atoms with Gasteiger partial charge < -0.3 is 10.6 Å². The maximum atomic E-state index is 5.67. The molecule has 0 unspecified atom stereocenters. The fourth-order valence-electron chi connectivity index (χ4n) is 1.41. The summed E-state index contributed by atoms with van der Waals surface area (Å²) in [6.07, 6.45) is 0. The van der Waals surface area contributed by atoms with Gasteiger partial charge in [-0.15, -0.1) is 0 Å². The lowest BCUT2D eigenvalue weighted by Gasteiger charge is -2.17. The number of benzene rings is 1. The van der Waals surface area contributed by atoms with E-state index in [2.05, 4.69) is 51.0 Å². The Hall–Kier alpha value is -1.02. The second-order valence-corrected chi connectivity index (χ2v) is 4.19. The minimum absolute atomic E-state index is 0.556. The smallest absolute Gasteiger partial charge is 0.0367 e. The van der Waals surface area contributed by atoms with Gasteiger partial charge in [0, 0.05) is 26.3 Å². The monoisotopic (exact) mass is 192 g/mol. The first-order chi connectivity index (χ1) is 6.54. The Labute approximate surface area is 86.7 Å². The van der Waals surface area contributed by atoms with E-state index in [1.165, 1.54) is 16.8 Å². The van der Waals surface area contributed by atoms with Gasteiger partial charge in [-0.05, 0) is 29.2 Å². The number of nitrogens with two attached hydrogens (primary N) is 1. The zero-order chi connectivity index (χ0) is 10.7. The molecule has 0 saturated heterocycles. The molecule has 0 amide bonds. The van der Waals surface area contributed by atoms with Gasteiger partial charge in [0.15, 0.2) is 0 Å². The molecule has 0 aliphatic carbocycles. The van der Waals surface area contributed by atoms with Crippen molar-refractivity contribution in [3.8, 4) is 0 Å². The van der Waals surface area contributed by atoms with Crippen LogP contribution in [-0.4, -0.2) is 14.1 Å². The summed E-state index contributed by atoms with van der Waals surface area (Å²) in [4.78, 5) is 2.12. The molecule has 78 valence electrons. The van der Waals surface area contributed by atoms with Crippen LogP contribution in [0, 0.1) is 0 Å². The average molecular weight is 192 g/mol. The Bertz CT molecular complexity index is 277. The van der Waals surface area contributed by atoms with Crippen LogP contribution in [0.2, 0.25) is 0 Å². The quantitative estimate of drug-likeness (QED) is 0.796. The van der Waals surface area contributed by atoms with Crippen LogP contribution in [0.3, 0.4) is 0 Å². The van der Waals surface area contributed by atoms with Gasteiger partial charge in [0.1, 0.15) is 0 Å². The molecule has 2 N–H and O–H groups in total. The highest BCUT2D eigenvalue weighted by molar-refractivity contribution is 5.50. The first-order valence-corrected chi connectivity index (χ1v) is 5.06. The Morgan fingerprint density at radius 1 is 1.21 bits per heavy atom. The molecule has 0 radical (unpaired) electrons. The van der Waals surface area contributed by atoms with E-state index in [4.69, 9.17) is 5.73 Å². The third-order valence-electron chi connectivity index (χ3n) is 2.42. The predicted octanol–water partition coefficient (Wildman–Crippen LogP) is 2.33. The van der Waals surface area contributed by atoms with E-state index in [0.29, 0.717) is 12.5 Å². The highest BCUT2D eigenvalue weighted by Gasteiger charge is 2.04. The maximum Gasteiger partial charge on any atom is 0.0367 e. The highest BCUT2D eigenvalue weighted by Crippen LogP contribution is 2.22. The average Bonchev–Trinajstić information content (AvgIpc) is 2.16. The SMILES string of the molecule is CC(C)c1cc(CN)cc(N(C)C)c1. The van der Waals surface area contributed by atoms with Crippen molar-refractivity contribution < 1.29 is 0 Å². The summed E-state index contributed by atoms with van der Waals surface area (Å²) >= 11 is 0. The molecule has 0 aliphatic rings.